The molecule has 1 aliphatic carbocycles. The van der Waals surface area contributed by atoms with Gasteiger partial charge in [-0.05, 0) is 55.5 Å². The second-order valence-corrected chi connectivity index (χ2v) is 8.19. The number of ether oxygens (including phenoxy) is 1. The normalized spacial score (nSPS) is 18.6. The molecule has 0 spiro atoms. The van der Waals surface area contributed by atoms with Gasteiger partial charge in [-0.3, -0.25) is 4.79 Å². The summed E-state index contributed by atoms with van der Waals surface area (Å²) in [5.41, 5.74) is 1.54. The Labute approximate surface area is 178 Å². The Morgan fingerprint density at radius 3 is 2.70 bits per heavy atom. The number of pyridine rings is 1. The molecule has 1 fully saturated rings. The minimum atomic E-state index is -0.363. The van der Waals surface area contributed by atoms with Crippen molar-refractivity contribution < 1.29 is 13.9 Å². The first-order valence-corrected chi connectivity index (χ1v) is 10.8. The molecule has 0 saturated heterocycles. The first kappa shape index (κ1) is 20.3. The molecule has 2 N–H and O–H groups in total. The van der Waals surface area contributed by atoms with Crippen LogP contribution >= 0.6 is 11.3 Å². The standard InChI is InChI=1S/C22H23FN4O2S/c1-29-19-13-16(23)4-7-18(19)15-8-9-24-20(12-15)27-21(28)14-2-5-17(6-3-14)26-22-25-10-11-30-22/h4,7-14,17H,2-3,5-6H2,1H3,(H,25,26)(H,24,27,28). The molecule has 1 aromatic carbocycles. The molecule has 8 heteroatoms. The number of carbonyl (C=O) groups is 1. The highest BCUT2D eigenvalue weighted by Gasteiger charge is 2.27. The molecule has 0 unspecified atom stereocenters. The van der Waals surface area contributed by atoms with E-state index in [0.29, 0.717) is 17.6 Å². The summed E-state index contributed by atoms with van der Waals surface area (Å²) in [5, 5.41) is 9.25. The average molecular weight is 427 g/mol. The molecule has 2 heterocycles. The third kappa shape index (κ3) is 4.76. The Kier molecular flexibility index (Phi) is 6.23. The highest BCUT2D eigenvalue weighted by Crippen LogP contribution is 2.32. The fourth-order valence-corrected chi connectivity index (χ4v) is 4.37. The number of carbonyl (C=O) groups excluding carboxylic acids is 1. The monoisotopic (exact) mass is 426 g/mol. The van der Waals surface area contributed by atoms with Crippen LogP contribution in [0.25, 0.3) is 11.1 Å². The average Bonchev–Trinajstić information content (AvgIpc) is 3.27. The van der Waals surface area contributed by atoms with Crippen molar-refractivity contribution in [1.82, 2.24) is 9.97 Å². The van der Waals surface area contributed by atoms with Gasteiger partial charge < -0.3 is 15.4 Å². The number of hydrogen-bond donors (Lipinski definition) is 2. The maximum Gasteiger partial charge on any atom is 0.228 e. The number of thiazole rings is 1. The molecule has 4 rings (SSSR count). The zero-order valence-corrected chi connectivity index (χ0v) is 17.4. The first-order valence-electron chi connectivity index (χ1n) is 9.89. The SMILES string of the molecule is COc1cc(F)ccc1-c1ccnc(NC(=O)C2CCC(Nc3nccs3)CC2)c1. The molecule has 6 nitrogen and oxygen atoms in total. The highest BCUT2D eigenvalue weighted by molar-refractivity contribution is 7.13. The molecule has 0 atom stereocenters. The number of aromatic nitrogens is 2. The van der Waals surface area contributed by atoms with E-state index >= 15 is 0 Å². The Balaban J connectivity index is 1.38. The lowest BCUT2D eigenvalue weighted by molar-refractivity contribution is -0.120. The molecule has 156 valence electrons. The lowest BCUT2D eigenvalue weighted by Gasteiger charge is -2.28. The molecule has 30 heavy (non-hydrogen) atoms. The van der Waals surface area contributed by atoms with Gasteiger partial charge in [-0.2, -0.15) is 0 Å². The Hall–Kier alpha value is -3.00. The Bertz CT molecular complexity index is 1000. The molecular weight excluding hydrogens is 403 g/mol. The number of rotatable bonds is 6. The van der Waals surface area contributed by atoms with Gasteiger partial charge in [-0.25, -0.2) is 14.4 Å². The van der Waals surface area contributed by atoms with Gasteiger partial charge in [0.25, 0.3) is 0 Å². The molecule has 0 bridgehead atoms. The number of benzene rings is 1. The third-order valence-corrected chi connectivity index (χ3v) is 6.05. The predicted molar refractivity (Wildman–Crippen MR) is 116 cm³/mol. The second-order valence-electron chi connectivity index (χ2n) is 7.29. The van der Waals surface area contributed by atoms with Crippen LogP contribution in [-0.4, -0.2) is 29.0 Å². The van der Waals surface area contributed by atoms with Crippen LogP contribution in [0.1, 0.15) is 25.7 Å². The number of methoxy groups -OCH3 is 1. The smallest absolute Gasteiger partial charge is 0.228 e. The van der Waals surface area contributed by atoms with Crippen LogP contribution in [0.3, 0.4) is 0 Å². The zero-order valence-electron chi connectivity index (χ0n) is 16.6. The minimum Gasteiger partial charge on any atom is -0.496 e. The van der Waals surface area contributed by atoms with Crippen LogP contribution < -0.4 is 15.4 Å². The number of halogens is 1. The second kappa shape index (κ2) is 9.21. The van der Waals surface area contributed by atoms with Gasteiger partial charge in [0.15, 0.2) is 5.13 Å². The summed E-state index contributed by atoms with van der Waals surface area (Å²) >= 11 is 1.59. The highest BCUT2D eigenvalue weighted by atomic mass is 32.1. The molecule has 0 radical (unpaired) electrons. The summed E-state index contributed by atoms with van der Waals surface area (Å²) in [6.45, 7) is 0. The van der Waals surface area contributed by atoms with Gasteiger partial charge >= 0.3 is 0 Å². The van der Waals surface area contributed by atoms with E-state index in [9.17, 15) is 9.18 Å². The summed E-state index contributed by atoms with van der Waals surface area (Å²) < 4.78 is 18.8. The van der Waals surface area contributed by atoms with Crippen molar-refractivity contribution in [2.45, 2.75) is 31.7 Å². The maximum absolute atomic E-state index is 13.5. The largest absolute Gasteiger partial charge is 0.496 e. The van der Waals surface area contributed by atoms with Gasteiger partial charge in [-0.1, -0.05) is 0 Å². The summed E-state index contributed by atoms with van der Waals surface area (Å²) in [5.74, 6) is 0.498. The summed E-state index contributed by atoms with van der Waals surface area (Å²) in [4.78, 5) is 21.3. The number of anilines is 2. The fraction of sp³-hybridized carbons (Fsp3) is 0.318. The molecule has 1 saturated carbocycles. The number of nitrogens with zero attached hydrogens (tertiary/aromatic N) is 2. The van der Waals surface area contributed by atoms with Crippen LogP contribution in [0.2, 0.25) is 0 Å². The van der Waals surface area contributed by atoms with Crippen molar-refractivity contribution in [3.8, 4) is 16.9 Å². The van der Waals surface area contributed by atoms with Gasteiger partial charge in [0.2, 0.25) is 5.91 Å². The van der Waals surface area contributed by atoms with E-state index in [2.05, 4.69) is 20.6 Å². The van der Waals surface area contributed by atoms with E-state index in [0.717, 1.165) is 41.9 Å². The molecule has 1 amide bonds. The van der Waals surface area contributed by atoms with Crippen molar-refractivity contribution in [1.29, 1.82) is 0 Å². The van der Waals surface area contributed by atoms with Crippen molar-refractivity contribution in [2.75, 3.05) is 17.7 Å². The van der Waals surface area contributed by atoms with Crippen molar-refractivity contribution in [3.63, 3.8) is 0 Å². The summed E-state index contributed by atoms with van der Waals surface area (Å²) in [7, 11) is 1.50. The third-order valence-electron chi connectivity index (χ3n) is 5.34. The lowest BCUT2D eigenvalue weighted by atomic mass is 9.85. The van der Waals surface area contributed by atoms with Gasteiger partial charge in [-0.15, -0.1) is 11.3 Å². The topological polar surface area (TPSA) is 76.1 Å². The number of nitrogens with one attached hydrogen (secondary N) is 2. The van der Waals surface area contributed by atoms with Crippen LogP contribution in [-0.2, 0) is 4.79 Å². The van der Waals surface area contributed by atoms with E-state index in [-0.39, 0.29) is 17.6 Å². The number of hydrogen-bond acceptors (Lipinski definition) is 6. The van der Waals surface area contributed by atoms with Crippen LogP contribution in [0.15, 0.2) is 48.1 Å². The molecular formula is C22H23FN4O2S. The summed E-state index contributed by atoms with van der Waals surface area (Å²) in [6, 6.07) is 8.32. The van der Waals surface area contributed by atoms with E-state index in [1.165, 1.54) is 19.2 Å². The van der Waals surface area contributed by atoms with Gasteiger partial charge in [0, 0.05) is 41.4 Å². The molecule has 0 aliphatic heterocycles. The van der Waals surface area contributed by atoms with E-state index in [1.807, 2.05) is 5.38 Å². The van der Waals surface area contributed by atoms with E-state index in [4.69, 9.17) is 4.74 Å². The van der Waals surface area contributed by atoms with E-state index < -0.39 is 0 Å². The Morgan fingerprint density at radius 1 is 1.13 bits per heavy atom. The van der Waals surface area contributed by atoms with Gasteiger partial charge in [0.1, 0.15) is 17.4 Å². The molecule has 1 aliphatic rings. The minimum absolute atomic E-state index is 0.0154. The Morgan fingerprint density at radius 2 is 1.97 bits per heavy atom. The lowest BCUT2D eigenvalue weighted by Crippen LogP contribution is -2.32. The van der Waals surface area contributed by atoms with Crippen LogP contribution in [0, 0.1) is 11.7 Å². The summed E-state index contributed by atoms with van der Waals surface area (Å²) in [6.07, 6.45) is 6.91. The van der Waals surface area contributed by atoms with Crippen LogP contribution in [0.4, 0.5) is 15.3 Å². The first-order chi connectivity index (χ1) is 14.6. The molecule has 3 aromatic rings. The van der Waals surface area contributed by atoms with E-state index in [1.54, 1.807) is 41.9 Å². The molecule has 2 aromatic heterocycles. The zero-order chi connectivity index (χ0) is 20.9. The maximum atomic E-state index is 13.5. The van der Waals surface area contributed by atoms with Crippen molar-refractivity contribution >= 4 is 28.2 Å². The van der Waals surface area contributed by atoms with Crippen molar-refractivity contribution in [3.05, 3.63) is 53.9 Å². The predicted octanol–water partition coefficient (Wildman–Crippen LogP) is 4.96. The van der Waals surface area contributed by atoms with Crippen LogP contribution in [0.5, 0.6) is 5.75 Å². The van der Waals surface area contributed by atoms with Gasteiger partial charge in [0.05, 0.1) is 7.11 Å². The van der Waals surface area contributed by atoms with Crippen molar-refractivity contribution in [2.24, 2.45) is 5.92 Å². The quantitative estimate of drug-likeness (QED) is 0.583. The number of amides is 1. The fourth-order valence-electron chi connectivity index (χ4n) is 3.77.